The smallest absolute Gasteiger partial charge is 0.306 e. The Bertz CT molecular complexity index is 686. The second-order valence-corrected chi connectivity index (χ2v) is 13.0. The van der Waals surface area contributed by atoms with Crippen LogP contribution in [0.4, 0.5) is 0 Å². The van der Waals surface area contributed by atoms with Crippen LogP contribution >= 0.6 is 0 Å². The zero-order valence-corrected chi connectivity index (χ0v) is 29.9. The van der Waals surface area contributed by atoms with Crippen LogP contribution in [0, 0.1) is 0 Å². The Labute approximate surface area is 279 Å². The van der Waals surface area contributed by atoms with Crippen molar-refractivity contribution < 1.29 is 24.2 Å². The third-order valence-corrected chi connectivity index (χ3v) is 8.50. The van der Waals surface area contributed by atoms with E-state index in [1.54, 1.807) is 0 Å². The fourth-order valence-corrected chi connectivity index (χ4v) is 5.53. The van der Waals surface area contributed by atoms with Crippen molar-refractivity contribution in [2.45, 2.75) is 206 Å². The minimum Gasteiger partial charge on any atom is -0.462 e. The minimum absolute atomic E-state index is 0.0692. The highest BCUT2D eigenvalue weighted by molar-refractivity contribution is 5.70. The summed E-state index contributed by atoms with van der Waals surface area (Å²) in [5, 5.41) is 9.54. The summed E-state index contributed by atoms with van der Waals surface area (Å²) in [4.78, 5) is 24.2. The SMILES string of the molecule is CCCCC/C=C/C/C=C/CCCCCCCC(=O)OC[C@H](CO)OC(=O)CCCCCCCCCCCCCCCCCC. The van der Waals surface area contributed by atoms with Crippen molar-refractivity contribution in [2.75, 3.05) is 13.2 Å². The molecule has 5 nitrogen and oxygen atoms in total. The fraction of sp³-hybridized carbons (Fsp3) is 0.850. The lowest BCUT2D eigenvalue weighted by atomic mass is 10.0. The van der Waals surface area contributed by atoms with Crippen LogP contribution in [0.2, 0.25) is 0 Å². The number of carbonyl (C=O) groups is 2. The van der Waals surface area contributed by atoms with Crippen LogP contribution < -0.4 is 0 Å². The molecule has 0 radical (unpaired) electrons. The van der Waals surface area contributed by atoms with E-state index >= 15 is 0 Å². The van der Waals surface area contributed by atoms with Crippen molar-refractivity contribution in [3.63, 3.8) is 0 Å². The predicted molar refractivity (Wildman–Crippen MR) is 191 cm³/mol. The molecule has 0 aliphatic rings. The van der Waals surface area contributed by atoms with E-state index in [9.17, 15) is 14.7 Å². The van der Waals surface area contributed by atoms with Crippen LogP contribution in [-0.4, -0.2) is 36.4 Å². The van der Waals surface area contributed by atoms with E-state index in [0.717, 1.165) is 51.4 Å². The fourth-order valence-electron chi connectivity index (χ4n) is 5.53. The molecule has 0 aromatic heterocycles. The molecule has 0 unspecified atom stereocenters. The van der Waals surface area contributed by atoms with E-state index < -0.39 is 6.10 Å². The highest BCUT2D eigenvalue weighted by Crippen LogP contribution is 2.15. The minimum atomic E-state index is -0.771. The number of ether oxygens (including phenoxy) is 2. The summed E-state index contributed by atoms with van der Waals surface area (Å²) in [6, 6.07) is 0. The van der Waals surface area contributed by atoms with E-state index in [4.69, 9.17) is 9.47 Å². The molecule has 0 amide bonds. The van der Waals surface area contributed by atoms with Crippen LogP contribution in [-0.2, 0) is 19.1 Å². The first-order valence-electron chi connectivity index (χ1n) is 19.4. The van der Waals surface area contributed by atoms with Crippen LogP contribution in [0.1, 0.15) is 200 Å². The maximum absolute atomic E-state index is 12.2. The van der Waals surface area contributed by atoms with Crippen LogP contribution in [0.5, 0.6) is 0 Å². The third-order valence-electron chi connectivity index (χ3n) is 8.50. The van der Waals surface area contributed by atoms with Gasteiger partial charge in [0.2, 0.25) is 0 Å². The first-order chi connectivity index (χ1) is 22.1. The van der Waals surface area contributed by atoms with Crippen molar-refractivity contribution in [3.05, 3.63) is 24.3 Å². The summed E-state index contributed by atoms with van der Waals surface area (Å²) in [6.07, 6.45) is 42.3. The van der Waals surface area contributed by atoms with Crippen molar-refractivity contribution in [2.24, 2.45) is 0 Å². The quantitative estimate of drug-likeness (QED) is 0.0426. The number of allylic oxidation sites excluding steroid dienone is 4. The van der Waals surface area contributed by atoms with E-state index in [-0.39, 0.29) is 25.2 Å². The Morgan fingerprint density at radius 1 is 0.511 bits per heavy atom. The summed E-state index contributed by atoms with van der Waals surface area (Å²) in [7, 11) is 0. The van der Waals surface area contributed by atoms with Gasteiger partial charge < -0.3 is 14.6 Å². The van der Waals surface area contributed by atoms with Crippen LogP contribution in [0.15, 0.2) is 24.3 Å². The molecule has 0 bridgehead atoms. The molecule has 0 aromatic rings. The Hall–Kier alpha value is -1.62. The summed E-state index contributed by atoms with van der Waals surface area (Å²) < 4.78 is 10.6. The Kier molecular flexibility index (Phi) is 35.5. The van der Waals surface area contributed by atoms with E-state index in [1.807, 2.05) is 0 Å². The van der Waals surface area contributed by atoms with Gasteiger partial charge in [0.05, 0.1) is 6.61 Å². The molecule has 0 spiro atoms. The van der Waals surface area contributed by atoms with Gasteiger partial charge >= 0.3 is 11.9 Å². The molecular weight excluding hydrogens is 560 g/mol. The van der Waals surface area contributed by atoms with Crippen molar-refractivity contribution in [1.82, 2.24) is 0 Å². The average Bonchev–Trinajstić information content (AvgIpc) is 3.04. The maximum atomic E-state index is 12.2. The van der Waals surface area contributed by atoms with Crippen LogP contribution in [0.25, 0.3) is 0 Å². The first-order valence-corrected chi connectivity index (χ1v) is 19.4. The molecule has 0 saturated carbocycles. The number of esters is 2. The molecule has 0 fully saturated rings. The number of carbonyl (C=O) groups excluding carboxylic acids is 2. The van der Waals surface area contributed by atoms with Gasteiger partial charge in [-0.3, -0.25) is 9.59 Å². The molecule has 45 heavy (non-hydrogen) atoms. The van der Waals surface area contributed by atoms with Gasteiger partial charge in [0.15, 0.2) is 6.10 Å². The lowest BCUT2D eigenvalue weighted by Crippen LogP contribution is -2.28. The van der Waals surface area contributed by atoms with Gasteiger partial charge in [-0.1, -0.05) is 167 Å². The molecule has 264 valence electrons. The molecule has 1 atom stereocenters. The normalized spacial score (nSPS) is 12.3. The van der Waals surface area contributed by atoms with Gasteiger partial charge in [-0.15, -0.1) is 0 Å². The molecule has 0 aliphatic heterocycles. The highest BCUT2D eigenvalue weighted by atomic mass is 16.6. The summed E-state index contributed by atoms with van der Waals surface area (Å²) in [6.45, 7) is 4.11. The average molecular weight is 635 g/mol. The largest absolute Gasteiger partial charge is 0.462 e. The number of hydrogen-bond donors (Lipinski definition) is 1. The Morgan fingerprint density at radius 3 is 1.36 bits per heavy atom. The second-order valence-electron chi connectivity index (χ2n) is 13.0. The molecule has 0 rings (SSSR count). The highest BCUT2D eigenvalue weighted by Gasteiger charge is 2.16. The van der Waals surface area contributed by atoms with Gasteiger partial charge in [0, 0.05) is 12.8 Å². The van der Waals surface area contributed by atoms with E-state index in [0.29, 0.717) is 12.8 Å². The van der Waals surface area contributed by atoms with Crippen molar-refractivity contribution >= 4 is 11.9 Å². The Morgan fingerprint density at radius 2 is 0.889 bits per heavy atom. The second kappa shape index (κ2) is 36.8. The lowest BCUT2D eigenvalue weighted by Gasteiger charge is -2.15. The lowest BCUT2D eigenvalue weighted by molar-refractivity contribution is -0.161. The first kappa shape index (κ1) is 43.4. The zero-order chi connectivity index (χ0) is 32.9. The van der Waals surface area contributed by atoms with Crippen molar-refractivity contribution in [3.8, 4) is 0 Å². The van der Waals surface area contributed by atoms with Gasteiger partial charge in [-0.05, 0) is 44.9 Å². The third kappa shape index (κ3) is 35.1. The van der Waals surface area contributed by atoms with Gasteiger partial charge in [-0.2, -0.15) is 0 Å². The monoisotopic (exact) mass is 635 g/mol. The van der Waals surface area contributed by atoms with Gasteiger partial charge in [-0.25, -0.2) is 0 Å². The summed E-state index contributed by atoms with van der Waals surface area (Å²) in [5.41, 5.74) is 0. The maximum Gasteiger partial charge on any atom is 0.306 e. The topological polar surface area (TPSA) is 72.8 Å². The number of hydrogen-bond acceptors (Lipinski definition) is 5. The molecule has 0 aromatic carbocycles. The van der Waals surface area contributed by atoms with E-state index in [2.05, 4.69) is 38.2 Å². The van der Waals surface area contributed by atoms with Gasteiger partial charge in [0.1, 0.15) is 6.61 Å². The molecule has 0 heterocycles. The van der Waals surface area contributed by atoms with Crippen LogP contribution in [0.3, 0.4) is 0 Å². The predicted octanol–water partition coefficient (Wildman–Crippen LogP) is 11.9. The number of unbranched alkanes of at least 4 members (excludes halogenated alkanes) is 23. The standard InChI is InChI=1S/C40H74O5/c1-3-5-7-9-11-13-15-17-19-21-23-25-27-29-31-33-35-40(43)45-38(36-41)37-44-39(42)34-32-30-28-26-24-22-20-18-16-14-12-10-8-6-4-2/h12,14,18,20,38,41H,3-11,13,15-17,19,21-37H2,1-2H3/b14-12+,20-18+/t38-/m0/s1. The van der Waals surface area contributed by atoms with E-state index in [1.165, 1.54) is 122 Å². The molecule has 0 aliphatic carbocycles. The van der Waals surface area contributed by atoms with Crippen molar-refractivity contribution in [1.29, 1.82) is 0 Å². The Balaban J connectivity index is 3.55. The summed E-state index contributed by atoms with van der Waals surface area (Å²) >= 11 is 0. The number of aliphatic hydroxyl groups excluding tert-OH is 1. The number of rotatable bonds is 35. The molecular formula is C40H74O5. The van der Waals surface area contributed by atoms with Gasteiger partial charge in [0.25, 0.3) is 0 Å². The molecule has 1 N–H and O–H groups in total. The molecule has 0 saturated heterocycles. The molecule has 5 heteroatoms. The zero-order valence-electron chi connectivity index (χ0n) is 29.9. The number of aliphatic hydroxyl groups is 1. The summed E-state index contributed by atoms with van der Waals surface area (Å²) in [5.74, 6) is -0.600.